The summed E-state index contributed by atoms with van der Waals surface area (Å²) in [6.45, 7) is 6.58. The van der Waals surface area contributed by atoms with Crippen LogP contribution in [0.4, 0.5) is 5.69 Å². The number of carbonyl (C=O) groups is 1. The topological polar surface area (TPSA) is 92.2 Å². The molecule has 7 nitrogen and oxygen atoms in total. The van der Waals surface area contributed by atoms with E-state index in [1.54, 1.807) is 23.8 Å². The summed E-state index contributed by atoms with van der Waals surface area (Å²) < 4.78 is 7.40. The number of amides is 1. The van der Waals surface area contributed by atoms with Gasteiger partial charge in [0.1, 0.15) is 11.5 Å². The van der Waals surface area contributed by atoms with Crippen molar-refractivity contribution in [3.05, 3.63) is 52.8 Å². The predicted molar refractivity (Wildman–Crippen MR) is 119 cm³/mol. The molecule has 30 heavy (non-hydrogen) atoms. The summed E-state index contributed by atoms with van der Waals surface area (Å²) in [5, 5.41) is 20.0. The lowest BCUT2D eigenvalue weighted by Crippen LogP contribution is -2.16. The number of anilines is 1. The Morgan fingerprint density at radius 3 is 2.57 bits per heavy atom. The van der Waals surface area contributed by atoms with Gasteiger partial charge in [0.05, 0.1) is 12.8 Å². The Balaban J connectivity index is 1.73. The monoisotopic (exact) mass is 426 g/mol. The number of benzene rings is 2. The zero-order valence-corrected chi connectivity index (χ0v) is 18.3. The molecule has 0 fully saturated rings. The first-order valence-electron chi connectivity index (χ1n) is 9.62. The van der Waals surface area contributed by atoms with Crippen LogP contribution >= 0.6 is 12.2 Å². The SMILES string of the molecule is COc1ccc(-c2n[nH]c(=S)n2CCC(=O)Nc2cc(C(C)(C)C)ccc2O)cc1. The van der Waals surface area contributed by atoms with Gasteiger partial charge in [-0.2, -0.15) is 5.10 Å². The number of aromatic amines is 1. The molecule has 0 spiro atoms. The number of phenols is 1. The van der Waals surface area contributed by atoms with Gasteiger partial charge in [0.25, 0.3) is 0 Å². The first kappa shape index (κ1) is 21.6. The number of methoxy groups -OCH3 is 1. The number of aromatic nitrogens is 3. The first-order valence-corrected chi connectivity index (χ1v) is 10.0. The first-order chi connectivity index (χ1) is 14.2. The van der Waals surface area contributed by atoms with Gasteiger partial charge in [0.2, 0.25) is 5.91 Å². The minimum atomic E-state index is -0.222. The van der Waals surface area contributed by atoms with Crippen molar-refractivity contribution in [2.24, 2.45) is 0 Å². The lowest BCUT2D eigenvalue weighted by Gasteiger charge is -2.20. The fourth-order valence-corrected chi connectivity index (χ4v) is 3.24. The Morgan fingerprint density at radius 1 is 1.23 bits per heavy atom. The highest BCUT2D eigenvalue weighted by Gasteiger charge is 2.17. The summed E-state index contributed by atoms with van der Waals surface area (Å²) in [6, 6.07) is 12.7. The molecule has 0 bridgehead atoms. The van der Waals surface area contributed by atoms with Gasteiger partial charge >= 0.3 is 0 Å². The molecule has 2 aromatic carbocycles. The molecule has 1 heterocycles. The van der Waals surface area contributed by atoms with Crippen LogP contribution < -0.4 is 10.1 Å². The van der Waals surface area contributed by atoms with Crippen molar-refractivity contribution in [2.75, 3.05) is 12.4 Å². The second-order valence-electron chi connectivity index (χ2n) is 8.01. The molecule has 0 aliphatic rings. The van der Waals surface area contributed by atoms with Gasteiger partial charge < -0.3 is 15.2 Å². The average molecular weight is 427 g/mol. The summed E-state index contributed by atoms with van der Waals surface area (Å²) >= 11 is 5.33. The highest BCUT2D eigenvalue weighted by atomic mass is 32.1. The quantitative estimate of drug-likeness (QED) is 0.394. The summed E-state index contributed by atoms with van der Waals surface area (Å²) in [6.07, 6.45) is 0.177. The van der Waals surface area contributed by atoms with Crippen LogP contribution in [0.25, 0.3) is 11.4 Å². The van der Waals surface area contributed by atoms with E-state index in [1.165, 1.54) is 0 Å². The van der Waals surface area contributed by atoms with E-state index in [9.17, 15) is 9.90 Å². The van der Waals surface area contributed by atoms with Gasteiger partial charge in [0, 0.05) is 18.5 Å². The lowest BCUT2D eigenvalue weighted by molar-refractivity contribution is -0.116. The van der Waals surface area contributed by atoms with E-state index in [4.69, 9.17) is 17.0 Å². The molecule has 0 unspecified atom stereocenters. The number of carbonyl (C=O) groups excluding carboxylic acids is 1. The second kappa shape index (κ2) is 8.71. The van der Waals surface area contributed by atoms with Crippen LogP contribution in [0.15, 0.2) is 42.5 Å². The summed E-state index contributed by atoms with van der Waals surface area (Å²) in [4.78, 5) is 12.5. The number of hydrogen-bond donors (Lipinski definition) is 3. The fourth-order valence-electron chi connectivity index (χ4n) is 3.01. The summed E-state index contributed by atoms with van der Waals surface area (Å²) in [5.41, 5.74) is 2.19. The third-order valence-corrected chi connectivity index (χ3v) is 5.12. The molecule has 0 aliphatic heterocycles. The Kier molecular flexibility index (Phi) is 6.26. The number of phenolic OH excluding ortho intramolecular Hbond substituents is 1. The number of rotatable bonds is 6. The van der Waals surface area contributed by atoms with Crippen LogP contribution in [0.5, 0.6) is 11.5 Å². The van der Waals surface area contributed by atoms with Gasteiger partial charge in [0.15, 0.2) is 10.6 Å². The zero-order valence-electron chi connectivity index (χ0n) is 17.5. The number of hydrogen-bond acceptors (Lipinski definition) is 5. The molecule has 158 valence electrons. The van der Waals surface area contributed by atoms with Crippen molar-refractivity contribution in [1.29, 1.82) is 0 Å². The van der Waals surface area contributed by atoms with Crippen LogP contribution in [-0.2, 0) is 16.8 Å². The molecule has 3 aromatic rings. The molecule has 0 saturated carbocycles. The molecule has 3 rings (SSSR count). The van der Waals surface area contributed by atoms with E-state index in [2.05, 4.69) is 36.3 Å². The second-order valence-corrected chi connectivity index (χ2v) is 8.40. The third kappa shape index (κ3) is 4.88. The van der Waals surface area contributed by atoms with E-state index in [0.717, 1.165) is 16.9 Å². The number of nitrogens with one attached hydrogen (secondary N) is 2. The normalized spacial score (nSPS) is 11.3. The Labute approximate surface area is 180 Å². The maximum Gasteiger partial charge on any atom is 0.226 e. The Bertz CT molecular complexity index is 1090. The van der Waals surface area contributed by atoms with Crippen LogP contribution in [0.2, 0.25) is 0 Å². The van der Waals surface area contributed by atoms with E-state index in [-0.39, 0.29) is 23.5 Å². The van der Waals surface area contributed by atoms with Gasteiger partial charge in [-0.05, 0) is 59.6 Å². The molecular formula is C22H26N4O3S. The number of H-pyrrole nitrogens is 1. The van der Waals surface area contributed by atoms with Crippen molar-refractivity contribution >= 4 is 23.8 Å². The number of ether oxygens (including phenoxy) is 1. The molecule has 0 atom stereocenters. The minimum Gasteiger partial charge on any atom is -0.506 e. The third-order valence-electron chi connectivity index (χ3n) is 4.81. The van der Waals surface area contributed by atoms with Gasteiger partial charge in [-0.1, -0.05) is 26.8 Å². The van der Waals surface area contributed by atoms with Gasteiger partial charge in [-0.15, -0.1) is 0 Å². The number of nitrogens with zero attached hydrogens (tertiary/aromatic N) is 2. The van der Waals surface area contributed by atoms with E-state index in [1.807, 2.05) is 30.3 Å². The summed E-state index contributed by atoms with van der Waals surface area (Å²) in [5.74, 6) is 1.21. The molecule has 1 amide bonds. The number of aromatic hydroxyl groups is 1. The van der Waals surface area contributed by atoms with Crippen molar-refractivity contribution in [3.8, 4) is 22.9 Å². The standard InChI is InChI=1S/C22H26N4O3S/c1-22(2,3)15-7-10-18(27)17(13-15)23-19(28)11-12-26-20(24-25-21(26)30)14-5-8-16(29-4)9-6-14/h5-10,13,27H,11-12H2,1-4H3,(H,23,28)(H,25,30). The molecule has 0 radical (unpaired) electrons. The maximum absolute atomic E-state index is 12.5. The Hall–Kier alpha value is -3.13. The van der Waals surface area contributed by atoms with E-state index < -0.39 is 0 Å². The predicted octanol–water partition coefficient (Wildman–Crippen LogP) is 4.65. The Morgan fingerprint density at radius 2 is 1.93 bits per heavy atom. The van der Waals surface area contributed by atoms with Crippen molar-refractivity contribution in [1.82, 2.24) is 14.8 Å². The average Bonchev–Trinajstić information content (AvgIpc) is 3.07. The maximum atomic E-state index is 12.5. The van der Waals surface area contributed by atoms with Crippen molar-refractivity contribution < 1.29 is 14.6 Å². The molecule has 0 saturated heterocycles. The highest BCUT2D eigenvalue weighted by Crippen LogP contribution is 2.31. The van der Waals surface area contributed by atoms with Crippen molar-refractivity contribution in [2.45, 2.75) is 39.2 Å². The van der Waals surface area contributed by atoms with Crippen LogP contribution in [-0.4, -0.2) is 32.9 Å². The highest BCUT2D eigenvalue weighted by molar-refractivity contribution is 7.71. The molecule has 3 N–H and O–H groups in total. The van der Waals surface area contributed by atoms with Gasteiger partial charge in [-0.25, -0.2) is 0 Å². The van der Waals surface area contributed by atoms with Crippen LogP contribution in [0.1, 0.15) is 32.8 Å². The summed E-state index contributed by atoms with van der Waals surface area (Å²) in [7, 11) is 1.61. The fraction of sp³-hybridized carbons (Fsp3) is 0.318. The van der Waals surface area contributed by atoms with Crippen molar-refractivity contribution in [3.63, 3.8) is 0 Å². The smallest absolute Gasteiger partial charge is 0.226 e. The van der Waals surface area contributed by atoms with E-state index >= 15 is 0 Å². The lowest BCUT2D eigenvalue weighted by atomic mass is 9.87. The minimum absolute atomic E-state index is 0.0372. The molecule has 8 heteroatoms. The van der Waals surface area contributed by atoms with E-state index in [0.29, 0.717) is 22.8 Å². The van der Waals surface area contributed by atoms with Crippen LogP contribution in [0, 0.1) is 4.77 Å². The van der Waals surface area contributed by atoms with Gasteiger partial charge in [-0.3, -0.25) is 14.5 Å². The zero-order chi connectivity index (χ0) is 21.9. The molecule has 0 aliphatic carbocycles. The largest absolute Gasteiger partial charge is 0.506 e. The molecular weight excluding hydrogens is 400 g/mol. The molecule has 1 aromatic heterocycles. The van der Waals surface area contributed by atoms with Crippen LogP contribution in [0.3, 0.4) is 0 Å².